The van der Waals surface area contributed by atoms with E-state index < -0.39 is 0 Å². The molecule has 4 heteroatoms. The molecular formula is C17H16N2OS. The van der Waals surface area contributed by atoms with Gasteiger partial charge in [0.05, 0.1) is 5.69 Å². The van der Waals surface area contributed by atoms with Crippen LogP contribution in [0.1, 0.15) is 15.2 Å². The van der Waals surface area contributed by atoms with Gasteiger partial charge in [0.15, 0.2) is 0 Å². The van der Waals surface area contributed by atoms with Crippen LogP contribution in [0.15, 0.2) is 48.5 Å². The van der Waals surface area contributed by atoms with Gasteiger partial charge < -0.3 is 10.6 Å². The predicted molar refractivity (Wildman–Crippen MR) is 90.1 cm³/mol. The molecule has 0 radical (unpaired) electrons. The van der Waals surface area contributed by atoms with Gasteiger partial charge in [-0.3, -0.25) is 4.79 Å². The number of para-hydroxylation sites is 1. The van der Waals surface area contributed by atoms with Crippen LogP contribution in [0.25, 0.3) is 10.1 Å². The average Bonchev–Trinajstić information content (AvgIpc) is 2.84. The summed E-state index contributed by atoms with van der Waals surface area (Å²) in [5, 5.41) is 0.948. The van der Waals surface area contributed by atoms with Crippen LogP contribution in [0.2, 0.25) is 0 Å². The fourth-order valence-corrected chi connectivity index (χ4v) is 3.52. The molecule has 0 aliphatic rings. The number of hydrogen-bond donors (Lipinski definition) is 1. The molecule has 3 aromatic rings. The maximum absolute atomic E-state index is 12.7. The molecule has 3 rings (SSSR count). The van der Waals surface area contributed by atoms with Crippen molar-refractivity contribution in [2.45, 2.75) is 6.92 Å². The summed E-state index contributed by atoms with van der Waals surface area (Å²) in [4.78, 5) is 15.0. The lowest BCUT2D eigenvalue weighted by atomic mass is 10.1. The van der Waals surface area contributed by atoms with E-state index in [1.165, 1.54) is 11.3 Å². The van der Waals surface area contributed by atoms with E-state index in [4.69, 9.17) is 5.73 Å². The van der Waals surface area contributed by atoms with Crippen molar-refractivity contribution in [3.05, 3.63) is 59.0 Å². The van der Waals surface area contributed by atoms with E-state index in [1.54, 1.807) is 11.9 Å². The number of aryl methyl sites for hydroxylation is 1. The van der Waals surface area contributed by atoms with Gasteiger partial charge in [0, 0.05) is 22.8 Å². The van der Waals surface area contributed by atoms with Gasteiger partial charge in [-0.15, -0.1) is 11.3 Å². The number of nitrogens with two attached hydrogens (primary N) is 1. The molecule has 0 saturated carbocycles. The molecule has 0 atom stereocenters. The highest BCUT2D eigenvalue weighted by Gasteiger charge is 2.21. The molecule has 2 aromatic carbocycles. The number of nitrogen functional groups attached to an aromatic ring is 1. The van der Waals surface area contributed by atoms with Crippen molar-refractivity contribution in [1.29, 1.82) is 0 Å². The Bertz CT molecular complexity index is 823. The SMILES string of the molecule is Cc1ccccc1N(C)C(=O)c1sc2ccccc2c1N. The number of carbonyl (C=O) groups excluding carboxylic acids is 1. The fraction of sp³-hybridized carbons (Fsp3) is 0.118. The minimum atomic E-state index is -0.0667. The van der Waals surface area contributed by atoms with E-state index in [0.29, 0.717) is 10.6 Å². The van der Waals surface area contributed by atoms with E-state index in [1.807, 2.05) is 55.5 Å². The van der Waals surface area contributed by atoms with Gasteiger partial charge in [-0.1, -0.05) is 36.4 Å². The zero-order valence-electron chi connectivity index (χ0n) is 12.0. The minimum Gasteiger partial charge on any atom is -0.397 e. The molecular weight excluding hydrogens is 280 g/mol. The Labute approximate surface area is 127 Å². The summed E-state index contributed by atoms with van der Waals surface area (Å²) in [6.45, 7) is 1.99. The summed E-state index contributed by atoms with van der Waals surface area (Å²) < 4.78 is 1.04. The summed E-state index contributed by atoms with van der Waals surface area (Å²) in [5.41, 5.74) is 8.69. The standard InChI is InChI=1S/C17H16N2OS/c1-11-7-3-5-9-13(11)19(2)17(20)16-15(18)12-8-4-6-10-14(12)21-16/h3-10H,18H2,1-2H3. The van der Waals surface area contributed by atoms with Crippen molar-refractivity contribution in [2.24, 2.45) is 0 Å². The zero-order chi connectivity index (χ0) is 15.0. The monoisotopic (exact) mass is 296 g/mol. The van der Waals surface area contributed by atoms with Gasteiger partial charge in [0.1, 0.15) is 4.88 Å². The Morgan fingerprint density at radius 2 is 1.76 bits per heavy atom. The third-order valence-corrected chi connectivity index (χ3v) is 4.78. The average molecular weight is 296 g/mol. The Balaban J connectivity index is 2.04. The van der Waals surface area contributed by atoms with Crippen LogP contribution < -0.4 is 10.6 Å². The first kappa shape index (κ1) is 13.6. The first-order valence-corrected chi connectivity index (χ1v) is 7.52. The third-order valence-electron chi connectivity index (χ3n) is 3.61. The smallest absolute Gasteiger partial charge is 0.270 e. The number of nitrogens with zero attached hydrogens (tertiary/aromatic N) is 1. The second-order valence-electron chi connectivity index (χ2n) is 4.99. The Kier molecular flexibility index (Phi) is 3.39. The summed E-state index contributed by atoms with van der Waals surface area (Å²) >= 11 is 1.44. The number of carbonyl (C=O) groups is 1. The minimum absolute atomic E-state index is 0.0667. The molecule has 0 spiro atoms. The van der Waals surface area contributed by atoms with Gasteiger partial charge >= 0.3 is 0 Å². The lowest BCUT2D eigenvalue weighted by Gasteiger charge is -2.19. The quantitative estimate of drug-likeness (QED) is 0.775. The van der Waals surface area contributed by atoms with Gasteiger partial charge in [0.2, 0.25) is 0 Å². The van der Waals surface area contributed by atoms with E-state index in [9.17, 15) is 4.79 Å². The topological polar surface area (TPSA) is 46.3 Å². The number of anilines is 2. The first-order chi connectivity index (χ1) is 10.1. The number of fused-ring (bicyclic) bond motifs is 1. The Morgan fingerprint density at radius 1 is 1.10 bits per heavy atom. The van der Waals surface area contributed by atoms with E-state index in [2.05, 4.69) is 0 Å². The summed E-state index contributed by atoms with van der Waals surface area (Å²) in [6.07, 6.45) is 0. The second-order valence-corrected chi connectivity index (χ2v) is 6.04. The van der Waals surface area contributed by atoms with Crippen LogP contribution in [0.4, 0.5) is 11.4 Å². The molecule has 106 valence electrons. The van der Waals surface area contributed by atoms with Gasteiger partial charge in [-0.2, -0.15) is 0 Å². The number of hydrogen-bond acceptors (Lipinski definition) is 3. The Morgan fingerprint density at radius 3 is 2.48 bits per heavy atom. The summed E-state index contributed by atoms with van der Waals surface area (Å²) in [6, 6.07) is 15.7. The highest BCUT2D eigenvalue weighted by molar-refractivity contribution is 7.21. The predicted octanol–water partition coefficient (Wildman–Crippen LogP) is 4.07. The molecule has 21 heavy (non-hydrogen) atoms. The lowest BCUT2D eigenvalue weighted by molar-refractivity contribution is 0.0997. The zero-order valence-corrected chi connectivity index (χ0v) is 12.8. The number of rotatable bonds is 2. The molecule has 0 aliphatic carbocycles. The largest absolute Gasteiger partial charge is 0.397 e. The first-order valence-electron chi connectivity index (χ1n) is 6.70. The molecule has 0 saturated heterocycles. The van der Waals surface area contributed by atoms with Gasteiger partial charge in [-0.05, 0) is 24.6 Å². The Hall–Kier alpha value is -2.33. The molecule has 1 aromatic heterocycles. The van der Waals surface area contributed by atoms with E-state index >= 15 is 0 Å². The highest BCUT2D eigenvalue weighted by Crippen LogP contribution is 2.35. The highest BCUT2D eigenvalue weighted by atomic mass is 32.1. The molecule has 2 N–H and O–H groups in total. The van der Waals surface area contributed by atoms with Crippen LogP contribution in [0.5, 0.6) is 0 Å². The molecule has 0 aliphatic heterocycles. The maximum Gasteiger partial charge on any atom is 0.270 e. The molecule has 1 heterocycles. The normalized spacial score (nSPS) is 10.8. The van der Waals surface area contributed by atoms with Gasteiger partial charge in [0.25, 0.3) is 5.91 Å². The maximum atomic E-state index is 12.7. The van der Waals surface area contributed by atoms with Crippen molar-refractivity contribution in [1.82, 2.24) is 0 Å². The summed E-state index contributed by atoms with van der Waals surface area (Å²) in [7, 11) is 1.79. The van der Waals surface area contributed by atoms with Crippen molar-refractivity contribution < 1.29 is 4.79 Å². The van der Waals surface area contributed by atoms with Crippen molar-refractivity contribution in [2.75, 3.05) is 17.7 Å². The number of amides is 1. The van der Waals surface area contributed by atoms with Crippen LogP contribution >= 0.6 is 11.3 Å². The van der Waals surface area contributed by atoms with Gasteiger partial charge in [-0.25, -0.2) is 0 Å². The van der Waals surface area contributed by atoms with Crippen molar-refractivity contribution in [3.63, 3.8) is 0 Å². The molecule has 0 fully saturated rings. The second kappa shape index (κ2) is 5.22. The lowest BCUT2D eigenvalue weighted by Crippen LogP contribution is -2.26. The molecule has 3 nitrogen and oxygen atoms in total. The molecule has 1 amide bonds. The van der Waals surface area contributed by atoms with Crippen molar-refractivity contribution >= 4 is 38.7 Å². The molecule has 0 bridgehead atoms. The van der Waals surface area contributed by atoms with Crippen molar-refractivity contribution in [3.8, 4) is 0 Å². The number of thiophene rings is 1. The third kappa shape index (κ3) is 2.28. The van der Waals surface area contributed by atoms with E-state index in [-0.39, 0.29) is 5.91 Å². The number of benzene rings is 2. The molecule has 0 unspecified atom stereocenters. The van der Waals surface area contributed by atoms with Crippen LogP contribution in [0.3, 0.4) is 0 Å². The fourth-order valence-electron chi connectivity index (χ4n) is 2.43. The van der Waals surface area contributed by atoms with E-state index in [0.717, 1.165) is 21.3 Å². The van der Waals surface area contributed by atoms with Crippen LogP contribution in [-0.2, 0) is 0 Å². The van der Waals surface area contributed by atoms with Crippen LogP contribution in [-0.4, -0.2) is 13.0 Å². The van der Waals surface area contributed by atoms with Crippen LogP contribution in [0, 0.1) is 6.92 Å². The summed E-state index contributed by atoms with van der Waals surface area (Å²) in [5.74, 6) is -0.0667.